The maximum absolute atomic E-state index is 12.5. The van der Waals surface area contributed by atoms with Gasteiger partial charge in [0, 0.05) is 49.7 Å². The molecule has 4 rings (SSSR count). The molecule has 0 unspecified atom stereocenters. The van der Waals surface area contributed by atoms with E-state index in [0.29, 0.717) is 30.3 Å². The zero-order valence-corrected chi connectivity index (χ0v) is 13.9. The quantitative estimate of drug-likeness (QED) is 0.898. The molecule has 25 heavy (non-hydrogen) atoms. The molecule has 2 aromatic rings. The van der Waals surface area contributed by atoms with Crippen LogP contribution >= 0.6 is 0 Å². The Balaban J connectivity index is 1.36. The first-order valence-electron chi connectivity index (χ1n) is 8.18. The molecule has 0 saturated carbocycles. The van der Waals surface area contributed by atoms with Crippen LogP contribution in [-0.4, -0.2) is 53.9 Å². The maximum Gasteiger partial charge on any atom is 0.321 e. The van der Waals surface area contributed by atoms with Crippen LogP contribution in [-0.2, 0) is 0 Å². The number of carbonyl (C=O) groups excluding carboxylic acids is 1. The first-order valence-corrected chi connectivity index (χ1v) is 8.18. The highest BCUT2D eigenvalue weighted by atomic mass is 16.7. The van der Waals surface area contributed by atoms with Crippen molar-refractivity contribution in [2.75, 3.05) is 43.2 Å². The van der Waals surface area contributed by atoms with E-state index >= 15 is 0 Å². The molecule has 0 spiro atoms. The van der Waals surface area contributed by atoms with Gasteiger partial charge in [-0.3, -0.25) is 0 Å². The van der Waals surface area contributed by atoms with E-state index in [-0.39, 0.29) is 12.8 Å². The van der Waals surface area contributed by atoms with Crippen LogP contribution in [0.3, 0.4) is 0 Å². The first-order chi connectivity index (χ1) is 12.2. The van der Waals surface area contributed by atoms with Crippen molar-refractivity contribution in [1.82, 2.24) is 14.9 Å². The van der Waals surface area contributed by atoms with Crippen molar-refractivity contribution in [3.05, 3.63) is 36.3 Å². The first kappa shape index (κ1) is 15.5. The minimum absolute atomic E-state index is 0.113. The van der Waals surface area contributed by atoms with Gasteiger partial charge in [0.25, 0.3) is 0 Å². The molecule has 1 aromatic carbocycles. The largest absolute Gasteiger partial charge is 0.454 e. The van der Waals surface area contributed by atoms with Crippen molar-refractivity contribution in [2.45, 2.75) is 6.92 Å². The van der Waals surface area contributed by atoms with Crippen molar-refractivity contribution in [1.29, 1.82) is 0 Å². The van der Waals surface area contributed by atoms with E-state index in [1.54, 1.807) is 29.6 Å². The van der Waals surface area contributed by atoms with E-state index in [1.807, 2.05) is 13.0 Å². The molecule has 1 fully saturated rings. The number of anilines is 2. The van der Waals surface area contributed by atoms with E-state index in [9.17, 15) is 4.79 Å². The second-order valence-corrected chi connectivity index (χ2v) is 6.00. The average molecular weight is 341 g/mol. The van der Waals surface area contributed by atoms with E-state index in [2.05, 4.69) is 20.2 Å². The molecule has 1 saturated heterocycles. The standard InChI is InChI=1S/C17H19N5O3/c1-12-9-18-10-19-16(12)21-4-6-22(7-5-21)17(23)20-13-2-3-14-15(8-13)25-11-24-14/h2-3,8-10H,4-7,11H2,1H3,(H,20,23). The van der Waals surface area contributed by atoms with Gasteiger partial charge in [0.05, 0.1) is 0 Å². The topological polar surface area (TPSA) is 79.8 Å². The van der Waals surface area contributed by atoms with E-state index in [0.717, 1.165) is 24.5 Å². The lowest BCUT2D eigenvalue weighted by Gasteiger charge is -2.35. The van der Waals surface area contributed by atoms with Crippen LogP contribution in [0.15, 0.2) is 30.7 Å². The predicted octanol–water partition coefficient (Wildman–Crippen LogP) is 1.87. The maximum atomic E-state index is 12.5. The van der Waals surface area contributed by atoms with Crippen LogP contribution in [0.4, 0.5) is 16.3 Å². The number of hydrogen-bond donors (Lipinski definition) is 1. The van der Waals surface area contributed by atoms with E-state index < -0.39 is 0 Å². The fourth-order valence-electron chi connectivity index (χ4n) is 3.02. The van der Waals surface area contributed by atoms with Crippen molar-refractivity contribution >= 4 is 17.5 Å². The summed E-state index contributed by atoms with van der Waals surface area (Å²) >= 11 is 0. The molecule has 2 aliphatic rings. The minimum Gasteiger partial charge on any atom is -0.454 e. The Morgan fingerprint density at radius 2 is 1.96 bits per heavy atom. The summed E-state index contributed by atoms with van der Waals surface area (Å²) in [6.07, 6.45) is 3.36. The van der Waals surface area contributed by atoms with Gasteiger partial charge in [0.1, 0.15) is 12.1 Å². The molecule has 0 radical (unpaired) electrons. The monoisotopic (exact) mass is 341 g/mol. The number of benzene rings is 1. The lowest BCUT2D eigenvalue weighted by molar-refractivity contribution is 0.174. The molecule has 0 aliphatic carbocycles. The second kappa shape index (κ2) is 6.46. The lowest BCUT2D eigenvalue weighted by Crippen LogP contribution is -2.50. The number of amides is 2. The van der Waals surface area contributed by atoms with Gasteiger partial charge >= 0.3 is 6.03 Å². The summed E-state index contributed by atoms with van der Waals surface area (Å²) < 4.78 is 10.6. The molecule has 8 heteroatoms. The average Bonchev–Trinajstić information content (AvgIpc) is 3.10. The molecule has 0 bridgehead atoms. The molecular formula is C17H19N5O3. The third-order valence-electron chi connectivity index (χ3n) is 4.36. The SMILES string of the molecule is Cc1cncnc1N1CCN(C(=O)Nc2ccc3c(c2)OCO3)CC1. The van der Waals surface area contributed by atoms with Gasteiger partial charge in [0.2, 0.25) is 6.79 Å². The molecule has 3 heterocycles. The van der Waals surface area contributed by atoms with Gasteiger partial charge in [0.15, 0.2) is 11.5 Å². The van der Waals surface area contributed by atoms with Crippen LogP contribution in [0.25, 0.3) is 0 Å². The Kier molecular flexibility index (Phi) is 4.01. The molecule has 2 amide bonds. The van der Waals surface area contributed by atoms with Gasteiger partial charge < -0.3 is 24.6 Å². The highest BCUT2D eigenvalue weighted by molar-refractivity contribution is 5.90. The molecular weight excluding hydrogens is 322 g/mol. The number of nitrogens with zero attached hydrogens (tertiary/aromatic N) is 4. The number of hydrogen-bond acceptors (Lipinski definition) is 6. The summed E-state index contributed by atoms with van der Waals surface area (Å²) in [5.41, 5.74) is 1.74. The lowest BCUT2D eigenvalue weighted by atomic mass is 10.2. The minimum atomic E-state index is -0.113. The van der Waals surface area contributed by atoms with E-state index in [4.69, 9.17) is 9.47 Å². The Labute approximate surface area is 145 Å². The van der Waals surface area contributed by atoms with Gasteiger partial charge in [-0.25, -0.2) is 14.8 Å². The summed E-state index contributed by atoms with van der Waals surface area (Å²) in [7, 11) is 0. The number of piperazine rings is 1. The second-order valence-electron chi connectivity index (χ2n) is 6.00. The van der Waals surface area contributed by atoms with Crippen molar-refractivity contribution in [3.8, 4) is 11.5 Å². The summed E-state index contributed by atoms with van der Waals surface area (Å²) in [5.74, 6) is 2.29. The Morgan fingerprint density at radius 1 is 1.16 bits per heavy atom. The van der Waals surface area contributed by atoms with Gasteiger partial charge in [-0.1, -0.05) is 0 Å². The normalized spacial score (nSPS) is 16.0. The van der Waals surface area contributed by atoms with Crippen LogP contribution in [0.5, 0.6) is 11.5 Å². The van der Waals surface area contributed by atoms with Gasteiger partial charge in [-0.05, 0) is 19.1 Å². The predicted molar refractivity (Wildman–Crippen MR) is 92.1 cm³/mol. The zero-order chi connectivity index (χ0) is 17.2. The Bertz CT molecular complexity index is 790. The number of ether oxygens (including phenoxy) is 2. The van der Waals surface area contributed by atoms with Crippen LogP contribution in [0.2, 0.25) is 0 Å². The smallest absolute Gasteiger partial charge is 0.321 e. The van der Waals surface area contributed by atoms with Gasteiger partial charge in [-0.2, -0.15) is 0 Å². The van der Waals surface area contributed by atoms with Crippen LogP contribution < -0.4 is 19.7 Å². The summed E-state index contributed by atoms with van der Waals surface area (Å²) in [6.45, 7) is 4.98. The molecule has 8 nitrogen and oxygen atoms in total. The number of aromatic nitrogens is 2. The zero-order valence-electron chi connectivity index (χ0n) is 13.9. The third-order valence-corrected chi connectivity index (χ3v) is 4.36. The van der Waals surface area contributed by atoms with Crippen LogP contribution in [0, 0.1) is 6.92 Å². The third kappa shape index (κ3) is 3.15. The fraction of sp³-hybridized carbons (Fsp3) is 0.353. The number of carbonyl (C=O) groups is 1. The number of urea groups is 1. The fourth-order valence-corrected chi connectivity index (χ4v) is 3.02. The molecule has 2 aliphatic heterocycles. The molecule has 1 aromatic heterocycles. The number of aryl methyl sites for hydroxylation is 1. The number of rotatable bonds is 2. The highest BCUT2D eigenvalue weighted by Gasteiger charge is 2.23. The molecule has 1 N–H and O–H groups in total. The number of fused-ring (bicyclic) bond motifs is 1. The van der Waals surface area contributed by atoms with E-state index in [1.165, 1.54) is 0 Å². The number of nitrogens with one attached hydrogen (secondary N) is 1. The summed E-state index contributed by atoms with van der Waals surface area (Å²) in [4.78, 5) is 24.8. The van der Waals surface area contributed by atoms with Crippen LogP contribution in [0.1, 0.15) is 5.56 Å². The Morgan fingerprint density at radius 3 is 2.76 bits per heavy atom. The molecule has 130 valence electrons. The van der Waals surface area contributed by atoms with Gasteiger partial charge in [-0.15, -0.1) is 0 Å². The molecule has 0 atom stereocenters. The van der Waals surface area contributed by atoms with Crippen molar-refractivity contribution in [2.24, 2.45) is 0 Å². The summed E-state index contributed by atoms with van der Waals surface area (Å²) in [6, 6.07) is 5.28. The highest BCUT2D eigenvalue weighted by Crippen LogP contribution is 2.34. The van der Waals surface area contributed by atoms with Crippen molar-refractivity contribution in [3.63, 3.8) is 0 Å². The summed E-state index contributed by atoms with van der Waals surface area (Å²) in [5, 5.41) is 2.91. The van der Waals surface area contributed by atoms with Crippen molar-refractivity contribution < 1.29 is 14.3 Å². The Hall–Kier alpha value is -3.03.